The Hall–Kier alpha value is -1.76. The third-order valence-electron chi connectivity index (χ3n) is 4.51. The summed E-state index contributed by atoms with van der Waals surface area (Å²) in [5.41, 5.74) is 2.59. The molecule has 0 saturated carbocycles. The third kappa shape index (κ3) is 3.29. The highest BCUT2D eigenvalue weighted by molar-refractivity contribution is 9.10. The topological polar surface area (TPSA) is 66.8 Å². The molecule has 1 fully saturated rings. The minimum atomic E-state index is 0.597. The molecular weight excluding hydrogens is 356 g/mol. The molecule has 0 radical (unpaired) electrons. The lowest BCUT2D eigenvalue weighted by molar-refractivity contribution is 0.424. The molecule has 0 spiro atoms. The van der Waals surface area contributed by atoms with Crippen molar-refractivity contribution in [3.8, 4) is 0 Å². The van der Waals surface area contributed by atoms with E-state index in [-0.39, 0.29) is 0 Å². The van der Waals surface area contributed by atoms with Crippen molar-refractivity contribution in [1.29, 1.82) is 0 Å². The van der Waals surface area contributed by atoms with Crippen molar-refractivity contribution in [3.63, 3.8) is 0 Å². The van der Waals surface area contributed by atoms with Gasteiger partial charge in [-0.3, -0.25) is 0 Å². The Morgan fingerprint density at radius 2 is 1.91 bits per heavy atom. The van der Waals surface area contributed by atoms with E-state index in [1.807, 2.05) is 0 Å². The SMILES string of the molecule is Brc1cnc(NCC2CN(c3cc4c(nn3)CCCC4)C2)nc1. The fourth-order valence-electron chi connectivity index (χ4n) is 3.16. The smallest absolute Gasteiger partial charge is 0.222 e. The monoisotopic (exact) mass is 374 g/mol. The van der Waals surface area contributed by atoms with Crippen LogP contribution in [-0.2, 0) is 12.8 Å². The second-order valence-corrected chi connectivity index (χ2v) is 7.17. The molecule has 6 nitrogen and oxygen atoms in total. The van der Waals surface area contributed by atoms with E-state index >= 15 is 0 Å². The van der Waals surface area contributed by atoms with E-state index in [9.17, 15) is 0 Å². The first-order valence-electron chi connectivity index (χ1n) is 8.10. The molecule has 2 aromatic heterocycles. The van der Waals surface area contributed by atoms with E-state index in [1.54, 1.807) is 12.4 Å². The highest BCUT2D eigenvalue weighted by Crippen LogP contribution is 2.26. The number of hydrogen-bond donors (Lipinski definition) is 1. The Labute approximate surface area is 143 Å². The summed E-state index contributed by atoms with van der Waals surface area (Å²) in [6.45, 7) is 2.91. The molecule has 1 aliphatic carbocycles. The van der Waals surface area contributed by atoms with Gasteiger partial charge in [-0.25, -0.2) is 9.97 Å². The Bertz CT molecular complexity index is 683. The van der Waals surface area contributed by atoms with Crippen molar-refractivity contribution < 1.29 is 0 Å². The highest BCUT2D eigenvalue weighted by atomic mass is 79.9. The van der Waals surface area contributed by atoms with Gasteiger partial charge in [-0.2, -0.15) is 5.10 Å². The van der Waals surface area contributed by atoms with Crippen LogP contribution in [0.15, 0.2) is 22.9 Å². The van der Waals surface area contributed by atoms with Crippen LogP contribution in [0.5, 0.6) is 0 Å². The number of nitrogens with zero attached hydrogens (tertiary/aromatic N) is 5. The molecule has 120 valence electrons. The van der Waals surface area contributed by atoms with E-state index in [1.165, 1.54) is 24.1 Å². The van der Waals surface area contributed by atoms with Gasteiger partial charge in [0.1, 0.15) is 0 Å². The Morgan fingerprint density at radius 1 is 1.13 bits per heavy atom. The van der Waals surface area contributed by atoms with E-state index < -0.39 is 0 Å². The number of hydrogen-bond acceptors (Lipinski definition) is 6. The Kier molecular flexibility index (Phi) is 4.11. The summed E-state index contributed by atoms with van der Waals surface area (Å²) in [7, 11) is 0. The van der Waals surface area contributed by atoms with Crippen LogP contribution in [0.4, 0.5) is 11.8 Å². The molecule has 1 aliphatic heterocycles. The summed E-state index contributed by atoms with van der Waals surface area (Å²) in [5, 5.41) is 12.1. The van der Waals surface area contributed by atoms with Crippen LogP contribution in [0.2, 0.25) is 0 Å². The van der Waals surface area contributed by atoms with Crippen LogP contribution >= 0.6 is 15.9 Å². The third-order valence-corrected chi connectivity index (χ3v) is 4.92. The van der Waals surface area contributed by atoms with Gasteiger partial charge in [-0.15, -0.1) is 5.10 Å². The van der Waals surface area contributed by atoms with Gasteiger partial charge >= 0.3 is 0 Å². The minimum Gasteiger partial charge on any atom is -0.354 e. The van der Waals surface area contributed by atoms with Gasteiger partial charge < -0.3 is 10.2 Å². The zero-order valence-electron chi connectivity index (χ0n) is 12.9. The summed E-state index contributed by atoms with van der Waals surface area (Å²) in [6.07, 6.45) is 8.27. The van der Waals surface area contributed by atoms with Crippen LogP contribution in [-0.4, -0.2) is 39.8 Å². The Morgan fingerprint density at radius 3 is 2.74 bits per heavy atom. The second kappa shape index (κ2) is 6.39. The lowest BCUT2D eigenvalue weighted by Crippen LogP contribution is -2.50. The van der Waals surface area contributed by atoms with Gasteiger partial charge in [-0.05, 0) is 53.2 Å². The number of rotatable bonds is 4. The predicted molar refractivity (Wildman–Crippen MR) is 92.6 cm³/mol. The van der Waals surface area contributed by atoms with Crippen molar-refractivity contribution in [3.05, 3.63) is 34.2 Å². The van der Waals surface area contributed by atoms with Crippen molar-refractivity contribution >= 4 is 27.7 Å². The summed E-state index contributed by atoms with van der Waals surface area (Å²) < 4.78 is 0.892. The van der Waals surface area contributed by atoms with Crippen LogP contribution in [0.1, 0.15) is 24.1 Å². The van der Waals surface area contributed by atoms with Crippen molar-refractivity contribution in [2.45, 2.75) is 25.7 Å². The number of fused-ring (bicyclic) bond motifs is 1. The van der Waals surface area contributed by atoms with Gasteiger partial charge in [0.25, 0.3) is 0 Å². The maximum Gasteiger partial charge on any atom is 0.222 e. The molecule has 3 heterocycles. The first-order chi connectivity index (χ1) is 11.3. The molecule has 2 aromatic rings. The largest absolute Gasteiger partial charge is 0.354 e. The van der Waals surface area contributed by atoms with Gasteiger partial charge in [0.05, 0.1) is 10.2 Å². The molecule has 2 aliphatic rings. The van der Waals surface area contributed by atoms with Gasteiger partial charge in [0.15, 0.2) is 5.82 Å². The molecule has 4 rings (SSSR count). The first kappa shape index (κ1) is 14.8. The maximum atomic E-state index is 4.42. The summed E-state index contributed by atoms with van der Waals surface area (Å²) in [6, 6.07) is 2.24. The minimum absolute atomic E-state index is 0.597. The number of nitrogens with one attached hydrogen (secondary N) is 1. The van der Waals surface area contributed by atoms with Crippen LogP contribution < -0.4 is 10.2 Å². The van der Waals surface area contributed by atoms with Gasteiger partial charge in [0, 0.05) is 37.9 Å². The quantitative estimate of drug-likeness (QED) is 0.886. The number of aryl methyl sites for hydroxylation is 2. The lowest BCUT2D eigenvalue weighted by atomic mass is 9.95. The molecule has 1 saturated heterocycles. The molecule has 1 N–H and O–H groups in total. The zero-order valence-corrected chi connectivity index (χ0v) is 14.5. The van der Waals surface area contributed by atoms with E-state index in [2.05, 4.69) is 52.4 Å². The van der Waals surface area contributed by atoms with E-state index in [0.717, 1.165) is 42.8 Å². The maximum absolute atomic E-state index is 4.42. The van der Waals surface area contributed by atoms with Crippen LogP contribution in [0.3, 0.4) is 0 Å². The molecule has 7 heteroatoms. The normalized spacial score (nSPS) is 17.5. The summed E-state index contributed by atoms with van der Waals surface area (Å²) in [4.78, 5) is 10.8. The first-order valence-corrected chi connectivity index (χ1v) is 8.89. The molecule has 0 unspecified atom stereocenters. The molecule has 0 bridgehead atoms. The molecule has 0 amide bonds. The average Bonchev–Trinajstić information content (AvgIpc) is 2.55. The summed E-state index contributed by atoms with van der Waals surface area (Å²) >= 11 is 3.34. The van der Waals surface area contributed by atoms with Crippen molar-refractivity contribution in [1.82, 2.24) is 20.2 Å². The van der Waals surface area contributed by atoms with Gasteiger partial charge in [-0.1, -0.05) is 0 Å². The summed E-state index contributed by atoms with van der Waals surface area (Å²) in [5.74, 6) is 2.31. The standard InChI is InChI=1S/C16H19BrN6/c17-13-7-19-16(20-8-13)18-6-11-9-23(10-11)15-5-12-3-1-2-4-14(12)21-22-15/h5,7-8,11H,1-4,6,9-10H2,(H,18,19,20). The lowest BCUT2D eigenvalue weighted by Gasteiger charge is -2.40. The van der Waals surface area contributed by atoms with Crippen molar-refractivity contribution in [2.75, 3.05) is 29.9 Å². The van der Waals surface area contributed by atoms with E-state index in [0.29, 0.717) is 11.9 Å². The van der Waals surface area contributed by atoms with Crippen LogP contribution in [0, 0.1) is 5.92 Å². The van der Waals surface area contributed by atoms with Gasteiger partial charge in [0.2, 0.25) is 5.95 Å². The second-order valence-electron chi connectivity index (χ2n) is 6.26. The average molecular weight is 375 g/mol. The number of anilines is 2. The highest BCUT2D eigenvalue weighted by Gasteiger charge is 2.28. The number of halogens is 1. The zero-order chi connectivity index (χ0) is 15.6. The predicted octanol–water partition coefficient (Wildman–Crippen LogP) is 2.46. The molecular formula is C16H19BrN6. The van der Waals surface area contributed by atoms with Crippen molar-refractivity contribution in [2.24, 2.45) is 5.92 Å². The molecule has 0 aromatic carbocycles. The Balaban J connectivity index is 1.30. The molecule has 0 atom stereocenters. The fourth-order valence-corrected chi connectivity index (χ4v) is 3.36. The molecule has 23 heavy (non-hydrogen) atoms. The number of aromatic nitrogens is 4. The van der Waals surface area contributed by atoms with E-state index in [4.69, 9.17) is 0 Å². The fraction of sp³-hybridized carbons (Fsp3) is 0.500. The van der Waals surface area contributed by atoms with Crippen LogP contribution in [0.25, 0.3) is 0 Å².